The lowest BCUT2D eigenvalue weighted by Gasteiger charge is -2.24. The Morgan fingerprint density at radius 1 is 1.05 bits per heavy atom. The third-order valence-electron chi connectivity index (χ3n) is 3.69. The number of nitrogens with one attached hydrogen (secondary N) is 1. The first-order valence-electron chi connectivity index (χ1n) is 6.65. The van der Waals surface area contributed by atoms with Crippen molar-refractivity contribution in [2.75, 3.05) is 5.32 Å². The Morgan fingerprint density at radius 3 is 2.65 bits per heavy atom. The van der Waals surface area contributed by atoms with Crippen molar-refractivity contribution in [3.63, 3.8) is 0 Å². The van der Waals surface area contributed by atoms with E-state index in [0.29, 0.717) is 12.4 Å². The summed E-state index contributed by atoms with van der Waals surface area (Å²) in [6.07, 6.45) is 0.442. The van der Waals surface area contributed by atoms with Crippen molar-refractivity contribution < 1.29 is 4.79 Å². The number of carbonyl (C=O) groups excluding carboxylic acids is 1. The van der Waals surface area contributed by atoms with Crippen molar-refractivity contribution in [3.8, 4) is 0 Å². The largest absolute Gasteiger partial charge is 0.348 e. The minimum absolute atomic E-state index is 0.00647. The topological polar surface area (TPSA) is 46.9 Å². The molecule has 0 radical (unpaired) electrons. The van der Waals surface area contributed by atoms with Gasteiger partial charge < -0.3 is 5.32 Å². The first-order valence-corrected chi connectivity index (χ1v) is 6.65. The van der Waals surface area contributed by atoms with Crippen LogP contribution in [0.5, 0.6) is 0 Å². The fraction of sp³-hybridized carbons (Fsp3) is 0.125. The number of imidazole rings is 1. The van der Waals surface area contributed by atoms with E-state index in [0.717, 1.165) is 16.6 Å². The van der Waals surface area contributed by atoms with Crippen molar-refractivity contribution in [1.29, 1.82) is 0 Å². The molecular formula is C16H13N3O. The van der Waals surface area contributed by atoms with Gasteiger partial charge in [-0.1, -0.05) is 42.5 Å². The van der Waals surface area contributed by atoms with Gasteiger partial charge in [-0.05, 0) is 17.7 Å². The molecule has 4 rings (SSSR count). The number of para-hydroxylation sites is 2. The predicted octanol–water partition coefficient (Wildman–Crippen LogP) is 3.23. The van der Waals surface area contributed by atoms with E-state index in [2.05, 4.69) is 10.3 Å². The molecule has 0 saturated carbocycles. The van der Waals surface area contributed by atoms with Crippen LogP contribution < -0.4 is 5.32 Å². The molecule has 0 spiro atoms. The van der Waals surface area contributed by atoms with Crippen LogP contribution in [0.15, 0.2) is 54.6 Å². The Kier molecular flexibility index (Phi) is 2.36. The molecule has 0 bridgehead atoms. The zero-order valence-electron chi connectivity index (χ0n) is 10.8. The van der Waals surface area contributed by atoms with E-state index in [1.165, 1.54) is 0 Å². The summed E-state index contributed by atoms with van der Waals surface area (Å²) < 4.78 is 1.68. The molecule has 3 aromatic rings. The third kappa shape index (κ3) is 1.61. The Hall–Kier alpha value is -2.62. The van der Waals surface area contributed by atoms with Crippen LogP contribution in [0.1, 0.15) is 22.8 Å². The smallest absolute Gasteiger partial charge is 0.236 e. The van der Waals surface area contributed by atoms with Gasteiger partial charge in [0.25, 0.3) is 0 Å². The Morgan fingerprint density at radius 2 is 1.80 bits per heavy atom. The van der Waals surface area contributed by atoms with Gasteiger partial charge in [-0.2, -0.15) is 0 Å². The second-order valence-corrected chi connectivity index (χ2v) is 4.97. The zero-order chi connectivity index (χ0) is 13.5. The minimum atomic E-state index is -0.00647. The maximum absolute atomic E-state index is 12.4. The highest BCUT2D eigenvalue weighted by atomic mass is 16.2. The summed E-state index contributed by atoms with van der Waals surface area (Å²) in [5.41, 5.74) is 2.82. The number of aromatic nitrogens is 2. The number of anilines is 1. The summed E-state index contributed by atoms with van der Waals surface area (Å²) in [7, 11) is 0. The number of carbonyl (C=O) groups is 1. The molecule has 1 aromatic heterocycles. The molecule has 98 valence electrons. The fourth-order valence-corrected chi connectivity index (χ4v) is 2.73. The lowest BCUT2D eigenvalue weighted by Crippen LogP contribution is -2.27. The summed E-state index contributed by atoms with van der Waals surface area (Å²) in [5.74, 6) is 0.720. The van der Waals surface area contributed by atoms with Crippen molar-refractivity contribution in [2.45, 2.75) is 12.5 Å². The second kappa shape index (κ2) is 4.20. The van der Waals surface area contributed by atoms with Gasteiger partial charge in [0.05, 0.1) is 23.5 Å². The van der Waals surface area contributed by atoms with E-state index in [1.54, 1.807) is 4.57 Å². The number of nitrogens with zero attached hydrogens (tertiary/aromatic N) is 2. The average Bonchev–Trinajstić information content (AvgIpc) is 2.87. The molecule has 1 unspecified atom stereocenters. The molecule has 4 nitrogen and oxygen atoms in total. The lowest BCUT2D eigenvalue weighted by atomic mass is 10.0. The van der Waals surface area contributed by atoms with Crippen LogP contribution in [-0.2, 0) is 0 Å². The molecule has 0 saturated heterocycles. The molecule has 20 heavy (non-hydrogen) atoms. The molecule has 0 aliphatic carbocycles. The van der Waals surface area contributed by atoms with Gasteiger partial charge in [0, 0.05) is 0 Å². The van der Waals surface area contributed by atoms with Crippen LogP contribution in [-0.4, -0.2) is 15.5 Å². The van der Waals surface area contributed by atoms with Crippen LogP contribution in [0, 0.1) is 0 Å². The molecule has 2 heterocycles. The summed E-state index contributed by atoms with van der Waals surface area (Å²) in [5, 5.41) is 3.36. The van der Waals surface area contributed by atoms with Crippen LogP contribution in [0.2, 0.25) is 0 Å². The number of hydrogen-bond donors (Lipinski definition) is 1. The van der Waals surface area contributed by atoms with Gasteiger partial charge in [-0.3, -0.25) is 4.79 Å². The normalized spacial score (nSPS) is 17.8. The van der Waals surface area contributed by atoms with Crippen molar-refractivity contribution >= 4 is 22.9 Å². The highest BCUT2D eigenvalue weighted by Gasteiger charge is 2.27. The van der Waals surface area contributed by atoms with Gasteiger partial charge in [-0.25, -0.2) is 9.55 Å². The molecule has 2 aromatic carbocycles. The molecular weight excluding hydrogens is 250 g/mol. The number of rotatable bonds is 1. The maximum atomic E-state index is 12.4. The van der Waals surface area contributed by atoms with Gasteiger partial charge in [0.1, 0.15) is 0 Å². The quantitative estimate of drug-likeness (QED) is 0.733. The number of fused-ring (bicyclic) bond motifs is 3. The van der Waals surface area contributed by atoms with Crippen LogP contribution in [0.3, 0.4) is 0 Å². The highest BCUT2D eigenvalue weighted by molar-refractivity contribution is 5.95. The van der Waals surface area contributed by atoms with Crippen molar-refractivity contribution in [3.05, 3.63) is 60.2 Å². The molecule has 1 aliphatic rings. The maximum Gasteiger partial charge on any atom is 0.236 e. The monoisotopic (exact) mass is 263 g/mol. The molecule has 1 N–H and O–H groups in total. The van der Waals surface area contributed by atoms with E-state index in [4.69, 9.17) is 0 Å². The highest BCUT2D eigenvalue weighted by Crippen LogP contribution is 2.31. The third-order valence-corrected chi connectivity index (χ3v) is 3.69. The first kappa shape index (κ1) is 11.2. The van der Waals surface area contributed by atoms with Crippen molar-refractivity contribution in [1.82, 2.24) is 9.55 Å². The van der Waals surface area contributed by atoms with Gasteiger partial charge in [0.15, 0.2) is 0 Å². The van der Waals surface area contributed by atoms with Crippen LogP contribution in [0.4, 0.5) is 5.95 Å². The molecule has 0 fully saturated rings. The summed E-state index contributed by atoms with van der Waals surface area (Å²) >= 11 is 0. The fourth-order valence-electron chi connectivity index (χ4n) is 2.73. The lowest BCUT2D eigenvalue weighted by molar-refractivity contribution is 0.0893. The molecule has 4 heteroatoms. The predicted molar refractivity (Wildman–Crippen MR) is 77.8 cm³/mol. The van der Waals surface area contributed by atoms with E-state index in [-0.39, 0.29) is 11.9 Å². The summed E-state index contributed by atoms with van der Waals surface area (Å²) in [6.45, 7) is 0. The first-order chi connectivity index (χ1) is 9.83. The number of hydrogen-bond acceptors (Lipinski definition) is 3. The van der Waals surface area contributed by atoms with Crippen molar-refractivity contribution in [2.24, 2.45) is 0 Å². The average molecular weight is 263 g/mol. The summed E-state index contributed by atoms with van der Waals surface area (Å²) in [6, 6.07) is 17.7. The van der Waals surface area contributed by atoms with Crippen LogP contribution in [0.25, 0.3) is 11.0 Å². The van der Waals surface area contributed by atoms with E-state index in [1.807, 2.05) is 54.6 Å². The number of benzene rings is 2. The van der Waals surface area contributed by atoms with E-state index in [9.17, 15) is 4.79 Å². The molecule has 1 atom stereocenters. The van der Waals surface area contributed by atoms with Crippen LogP contribution >= 0.6 is 0 Å². The Bertz CT molecular complexity index is 792. The van der Waals surface area contributed by atoms with Gasteiger partial charge >= 0.3 is 0 Å². The molecule has 1 aliphatic heterocycles. The zero-order valence-corrected chi connectivity index (χ0v) is 10.8. The Labute approximate surface area is 116 Å². The second-order valence-electron chi connectivity index (χ2n) is 4.97. The van der Waals surface area contributed by atoms with E-state index >= 15 is 0 Å². The summed E-state index contributed by atoms with van der Waals surface area (Å²) in [4.78, 5) is 16.9. The minimum Gasteiger partial charge on any atom is -0.348 e. The van der Waals surface area contributed by atoms with Gasteiger partial charge in [-0.15, -0.1) is 0 Å². The van der Waals surface area contributed by atoms with Gasteiger partial charge in [0.2, 0.25) is 11.9 Å². The Balaban J connectivity index is 1.82. The SMILES string of the molecule is O=C1CC(c2ccccc2)Nc2nc3ccccc3n21. The standard InChI is InChI=1S/C16H13N3O/c20-15-10-13(11-6-2-1-3-7-11)18-16-17-12-8-4-5-9-14(12)19(15)16/h1-9,13H,10H2,(H,17,18). The van der Waals surface area contributed by atoms with E-state index < -0.39 is 0 Å². The molecule has 0 amide bonds.